The first-order valence-electron chi connectivity index (χ1n) is 3.15. The van der Waals surface area contributed by atoms with E-state index in [1.165, 1.54) is 7.11 Å². The second kappa shape index (κ2) is 3.31. The molecule has 1 aliphatic rings. The van der Waals surface area contributed by atoms with Gasteiger partial charge in [-0.3, -0.25) is 4.99 Å². The van der Waals surface area contributed by atoms with Crippen LogP contribution in [0, 0.1) is 0 Å². The van der Waals surface area contributed by atoms with Gasteiger partial charge >= 0.3 is 5.97 Å². The van der Waals surface area contributed by atoms with Gasteiger partial charge in [0.15, 0.2) is 6.04 Å². The van der Waals surface area contributed by atoms with Crippen molar-refractivity contribution in [2.45, 2.75) is 6.04 Å². The van der Waals surface area contributed by atoms with Gasteiger partial charge in [-0.1, -0.05) is 0 Å². The number of esters is 1. The molecule has 1 N–H and O–H groups in total. The molecule has 0 aromatic rings. The van der Waals surface area contributed by atoms with E-state index in [-0.39, 0.29) is 12.0 Å². The Morgan fingerprint density at radius 1 is 1.90 bits per heavy atom. The van der Waals surface area contributed by atoms with Crippen LogP contribution in [-0.2, 0) is 9.53 Å². The lowest BCUT2D eigenvalue weighted by Crippen LogP contribution is -2.37. The van der Waals surface area contributed by atoms with E-state index in [9.17, 15) is 4.79 Å². The molecule has 0 aromatic heterocycles. The molecule has 0 bridgehead atoms. The third-order valence-corrected chi connectivity index (χ3v) is 1.33. The van der Waals surface area contributed by atoms with E-state index < -0.39 is 0 Å². The fraction of sp³-hybridized carbons (Fsp3) is 0.667. The summed E-state index contributed by atoms with van der Waals surface area (Å²) < 4.78 is 4.50. The summed E-state index contributed by atoms with van der Waals surface area (Å²) in [6.07, 6.45) is 1.69. The van der Waals surface area contributed by atoms with Crippen LogP contribution in [0.3, 0.4) is 0 Å². The Hall–Kier alpha value is -0.900. The monoisotopic (exact) mass is 142 g/mol. The zero-order valence-corrected chi connectivity index (χ0v) is 5.83. The van der Waals surface area contributed by atoms with Gasteiger partial charge in [-0.2, -0.15) is 0 Å². The lowest BCUT2D eigenvalue weighted by Gasteiger charge is -2.13. The number of aliphatic imine (C=N–C) groups is 1. The van der Waals surface area contributed by atoms with Gasteiger partial charge in [0.2, 0.25) is 0 Å². The van der Waals surface area contributed by atoms with Crippen molar-refractivity contribution in [2.75, 3.05) is 20.2 Å². The standard InChI is InChI=1S/C6H10N2O2/c1-10-6(9)5-4-7-2-3-8-5/h3,5,7H,2,4H2,1H3. The van der Waals surface area contributed by atoms with Crippen LogP contribution in [-0.4, -0.2) is 38.4 Å². The Bertz CT molecular complexity index is 156. The van der Waals surface area contributed by atoms with E-state index in [2.05, 4.69) is 15.0 Å². The van der Waals surface area contributed by atoms with Crippen molar-refractivity contribution in [1.29, 1.82) is 0 Å². The molecule has 0 amide bonds. The summed E-state index contributed by atoms with van der Waals surface area (Å²) in [5.74, 6) is -0.275. The number of ether oxygens (including phenoxy) is 1. The first-order chi connectivity index (χ1) is 4.84. The highest BCUT2D eigenvalue weighted by molar-refractivity contribution is 5.79. The maximum absolute atomic E-state index is 10.8. The van der Waals surface area contributed by atoms with Gasteiger partial charge in [-0.15, -0.1) is 0 Å². The Labute approximate surface area is 59.3 Å². The van der Waals surface area contributed by atoms with E-state index in [4.69, 9.17) is 0 Å². The number of hydrogen-bond donors (Lipinski definition) is 1. The average Bonchev–Trinajstić information content (AvgIpc) is 2.05. The molecule has 1 heterocycles. The molecule has 56 valence electrons. The maximum Gasteiger partial charge on any atom is 0.331 e. The number of rotatable bonds is 1. The second-order valence-electron chi connectivity index (χ2n) is 2.03. The number of nitrogens with zero attached hydrogens (tertiary/aromatic N) is 1. The molecule has 1 rings (SSSR count). The Balaban J connectivity index is 2.46. The second-order valence-corrected chi connectivity index (χ2v) is 2.03. The molecule has 4 heteroatoms. The topological polar surface area (TPSA) is 50.7 Å². The lowest BCUT2D eigenvalue weighted by molar-refractivity contribution is -0.141. The number of carbonyl (C=O) groups is 1. The molecule has 0 fully saturated rings. The summed E-state index contributed by atoms with van der Waals surface area (Å²) in [7, 11) is 1.37. The summed E-state index contributed by atoms with van der Waals surface area (Å²) in [6, 6.07) is -0.334. The quantitative estimate of drug-likeness (QED) is 0.488. The maximum atomic E-state index is 10.8. The smallest absolute Gasteiger partial charge is 0.331 e. The minimum atomic E-state index is -0.334. The highest BCUT2D eigenvalue weighted by Crippen LogP contribution is 1.94. The number of hydrogen-bond acceptors (Lipinski definition) is 4. The van der Waals surface area contributed by atoms with Crippen molar-refractivity contribution in [3.63, 3.8) is 0 Å². The Morgan fingerprint density at radius 3 is 3.20 bits per heavy atom. The van der Waals surface area contributed by atoms with Crippen molar-refractivity contribution < 1.29 is 9.53 Å². The van der Waals surface area contributed by atoms with E-state index in [1.807, 2.05) is 0 Å². The van der Waals surface area contributed by atoms with E-state index >= 15 is 0 Å². The molecule has 0 aromatic carbocycles. The molecular weight excluding hydrogens is 132 g/mol. The molecule has 0 spiro atoms. The minimum absolute atomic E-state index is 0.275. The molecule has 1 unspecified atom stereocenters. The first kappa shape index (κ1) is 7.21. The number of nitrogens with one attached hydrogen (secondary N) is 1. The number of methoxy groups -OCH3 is 1. The molecule has 0 aliphatic carbocycles. The van der Waals surface area contributed by atoms with Crippen molar-refractivity contribution in [2.24, 2.45) is 4.99 Å². The third kappa shape index (κ3) is 1.54. The molecule has 0 saturated carbocycles. The largest absolute Gasteiger partial charge is 0.467 e. The van der Waals surface area contributed by atoms with Gasteiger partial charge < -0.3 is 10.1 Å². The summed E-state index contributed by atoms with van der Waals surface area (Å²) in [4.78, 5) is 14.7. The SMILES string of the molecule is COC(=O)C1CNCC=N1. The highest BCUT2D eigenvalue weighted by Gasteiger charge is 2.17. The summed E-state index contributed by atoms with van der Waals surface area (Å²) in [6.45, 7) is 1.33. The minimum Gasteiger partial charge on any atom is -0.467 e. The lowest BCUT2D eigenvalue weighted by atomic mass is 10.3. The van der Waals surface area contributed by atoms with Crippen molar-refractivity contribution in [3.8, 4) is 0 Å². The zero-order valence-electron chi connectivity index (χ0n) is 5.83. The van der Waals surface area contributed by atoms with Crippen LogP contribution in [0.25, 0.3) is 0 Å². The average molecular weight is 142 g/mol. The van der Waals surface area contributed by atoms with Gasteiger partial charge in [-0.05, 0) is 0 Å². The molecule has 4 nitrogen and oxygen atoms in total. The van der Waals surface area contributed by atoms with Crippen LogP contribution >= 0.6 is 0 Å². The van der Waals surface area contributed by atoms with E-state index in [0.717, 1.165) is 6.54 Å². The fourth-order valence-electron chi connectivity index (χ4n) is 0.797. The highest BCUT2D eigenvalue weighted by atomic mass is 16.5. The molecule has 0 radical (unpaired) electrons. The number of carbonyl (C=O) groups excluding carboxylic acids is 1. The molecule has 1 aliphatic heterocycles. The fourth-order valence-corrected chi connectivity index (χ4v) is 0.797. The van der Waals surface area contributed by atoms with Crippen molar-refractivity contribution >= 4 is 12.2 Å². The van der Waals surface area contributed by atoms with E-state index in [1.54, 1.807) is 6.21 Å². The Kier molecular flexibility index (Phi) is 2.39. The van der Waals surface area contributed by atoms with Crippen LogP contribution in [0.5, 0.6) is 0 Å². The van der Waals surface area contributed by atoms with Crippen molar-refractivity contribution in [3.05, 3.63) is 0 Å². The van der Waals surface area contributed by atoms with Crippen LogP contribution in [0.1, 0.15) is 0 Å². The van der Waals surface area contributed by atoms with Gasteiger partial charge in [0, 0.05) is 19.3 Å². The van der Waals surface area contributed by atoms with Gasteiger partial charge in [0.25, 0.3) is 0 Å². The molecule has 0 saturated heterocycles. The summed E-state index contributed by atoms with van der Waals surface area (Å²) >= 11 is 0. The van der Waals surface area contributed by atoms with Crippen LogP contribution < -0.4 is 5.32 Å². The predicted octanol–water partition coefficient (Wildman–Crippen LogP) is -0.798. The van der Waals surface area contributed by atoms with Crippen LogP contribution in [0.2, 0.25) is 0 Å². The normalized spacial score (nSPS) is 24.3. The zero-order chi connectivity index (χ0) is 7.40. The predicted molar refractivity (Wildman–Crippen MR) is 37.2 cm³/mol. The molecule has 1 atom stereocenters. The van der Waals surface area contributed by atoms with Gasteiger partial charge in [-0.25, -0.2) is 4.79 Å². The van der Waals surface area contributed by atoms with Crippen LogP contribution in [0.4, 0.5) is 0 Å². The van der Waals surface area contributed by atoms with Gasteiger partial charge in [0.05, 0.1) is 7.11 Å². The van der Waals surface area contributed by atoms with Crippen molar-refractivity contribution in [1.82, 2.24) is 5.32 Å². The molecular formula is C6H10N2O2. The molecule has 10 heavy (non-hydrogen) atoms. The summed E-state index contributed by atoms with van der Waals surface area (Å²) in [5.41, 5.74) is 0. The van der Waals surface area contributed by atoms with E-state index in [0.29, 0.717) is 6.54 Å². The van der Waals surface area contributed by atoms with Gasteiger partial charge in [0.1, 0.15) is 0 Å². The first-order valence-corrected chi connectivity index (χ1v) is 3.15. The van der Waals surface area contributed by atoms with Crippen LogP contribution in [0.15, 0.2) is 4.99 Å². The third-order valence-electron chi connectivity index (χ3n) is 1.33. The Morgan fingerprint density at radius 2 is 2.70 bits per heavy atom. The summed E-state index contributed by atoms with van der Waals surface area (Å²) in [5, 5.41) is 3.00.